The molecule has 0 fully saturated rings. The summed E-state index contributed by atoms with van der Waals surface area (Å²) in [5, 5.41) is 5.03. The molecule has 0 radical (unpaired) electrons. The molecule has 0 aliphatic rings. The number of benzene rings is 2. The molecule has 27 heavy (non-hydrogen) atoms. The molecule has 0 saturated carbocycles. The summed E-state index contributed by atoms with van der Waals surface area (Å²) in [5.74, 6) is -1.64. The molecular weight excluding hydrogens is 356 g/mol. The Morgan fingerprint density at radius 3 is 2.41 bits per heavy atom. The van der Waals surface area contributed by atoms with Gasteiger partial charge in [-0.15, -0.1) is 0 Å². The van der Waals surface area contributed by atoms with Crippen LogP contribution in [0.3, 0.4) is 0 Å². The van der Waals surface area contributed by atoms with Crippen molar-refractivity contribution in [3.8, 4) is 5.75 Å². The van der Waals surface area contributed by atoms with Crippen LogP contribution in [0.1, 0.15) is 6.92 Å². The first-order valence-electron chi connectivity index (χ1n) is 8.32. The Kier molecular flexibility index (Phi) is 7.25. The number of amides is 2. The molecule has 0 aromatic heterocycles. The number of likely N-dealkylation sites (N-methyl/N-ethyl adjacent to an activating group) is 1. The number of carbonyl (C=O) groups is 2. The van der Waals surface area contributed by atoms with Gasteiger partial charge in [-0.2, -0.15) is 0 Å². The summed E-state index contributed by atoms with van der Waals surface area (Å²) in [7, 11) is 1.53. The molecule has 144 valence electrons. The minimum atomic E-state index is -0.733. The maximum Gasteiger partial charge on any atom is 0.238 e. The second kappa shape index (κ2) is 9.63. The number of anilines is 2. The zero-order valence-electron chi connectivity index (χ0n) is 15.1. The zero-order chi connectivity index (χ0) is 19.8. The lowest BCUT2D eigenvalue weighted by atomic mass is 10.3. The molecule has 0 saturated heterocycles. The monoisotopic (exact) mass is 377 g/mol. The normalized spacial score (nSPS) is 10.6. The van der Waals surface area contributed by atoms with Crippen LogP contribution in [0.15, 0.2) is 42.5 Å². The van der Waals surface area contributed by atoms with E-state index in [1.807, 2.05) is 0 Å². The summed E-state index contributed by atoms with van der Waals surface area (Å²) in [6, 6.07) is 9.69. The Hall–Kier alpha value is -3.00. The Bertz CT molecular complexity index is 815. The Labute approximate surface area is 156 Å². The molecule has 0 aliphatic heterocycles. The van der Waals surface area contributed by atoms with Gasteiger partial charge in [0.15, 0.2) is 0 Å². The van der Waals surface area contributed by atoms with E-state index in [-0.39, 0.29) is 24.7 Å². The van der Waals surface area contributed by atoms with Crippen molar-refractivity contribution < 1.29 is 23.1 Å². The number of hydrogen-bond donors (Lipinski definition) is 2. The number of nitrogens with one attached hydrogen (secondary N) is 2. The van der Waals surface area contributed by atoms with E-state index in [4.69, 9.17) is 4.74 Å². The second-order valence-corrected chi connectivity index (χ2v) is 5.76. The fourth-order valence-electron chi connectivity index (χ4n) is 2.37. The summed E-state index contributed by atoms with van der Waals surface area (Å²) in [6.07, 6.45) is 0. The predicted molar refractivity (Wildman–Crippen MR) is 98.7 cm³/mol. The fraction of sp³-hybridized carbons (Fsp3) is 0.263. The minimum Gasteiger partial charge on any atom is -0.497 e. The Morgan fingerprint density at radius 1 is 1.04 bits per heavy atom. The number of hydrogen-bond acceptors (Lipinski definition) is 4. The van der Waals surface area contributed by atoms with Crippen molar-refractivity contribution in [2.24, 2.45) is 0 Å². The molecule has 0 atom stereocenters. The van der Waals surface area contributed by atoms with E-state index in [0.717, 1.165) is 18.2 Å². The van der Waals surface area contributed by atoms with Gasteiger partial charge in [0.1, 0.15) is 17.4 Å². The van der Waals surface area contributed by atoms with Gasteiger partial charge in [-0.25, -0.2) is 8.78 Å². The van der Waals surface area contributed by atoms with Gasteiger partial charge in [0.2, 0.25) is 11.8 Å². The number of carbonyl (C=O) groups excluding carboxylic acids is 2. The van der Waals surface area contributed by atoms with Crippen molar-refractivity contribution in [2.75, 3.05) is 37.4 Å². The number of rotatable bonds is 8. The van der Waals surface area contributed by atoms with Crippen LogP contribution >= 0.6 is 0 Å². The van der Waals surface area contributed by atoms with E-state index in [1.54, 1.807) is 36.1 Å². The molecular formula is C19H21F2N3O3. The smallest absolute Gasteiger partial charge is 0.238 e. The van der Waals surface area contributed by atoms with Gasteiger partial charge in [-0.05, 0) is 30.8 Å². The van der Waals surface area contributed by atoms with Gasteiger partial charge in [-0.3, -0.25) is 14.5 Å². The van der Waals surface area contributed by atoms with Gasteiger partial charge in [-0.1, -0.05) is 13.0 Å². The number of halogens is 2. The van der Waals surface area contributed by atoms with E-state index in [9.17, 15) is 18.4 Å². The van der Waals surface area contributed by atoms with Crippen LogP contribution in [0.25, 0.3) is 0 Å². The molecule has 0 heterocycles. The van der Waals surface area contributed by atoms with Gasteiger partial charge >= 0.3 is 0 Å². The van der Waals surface area contributed by atoms with Crippen molar-refractivity contribution in [3.63, 3.8) is 0 Å². The lowest BCUT2D eigenvalue weighted by Crippen LogP contribution is -2.38. The van der Waals surface area contributed by atoms with E-state index < -0.39 is 17.5 Å². The van der Waals surface area contributed by atoms with Crippen molar-refractivity contribution >= 4 is 23.2 Å². The molecule has 2 amide bonds. The fourth-order valence-corrected chi connectivity index (χ4v) is 2.37. The van der Waals surface area contributed by atoms with E-state index >= 15 is 0 Å². The first-order chi connectivity index (χ1) is 12.9. The summed E-state index contributed by atoms with van der Waals surface area (Å²) in [4.78, 5) is 25.8. The van der Waals surface area contributed by atoms with Crippen molar-refractivity contribution in [1.82, 2.24) is 4.90 Å². The molecule has 0 aliphatic carbocycles. The zero-order valence-corrected chi connectivity index (χ0v) is 15.1. The molecule has 8 heteroatoms. The van der Waals surface area contributed by atoms with Crippen LogP contribution < -0.4 is 15.4 Å². The highest BCUT2D eigenvalue weighted by molar-refractivity contribution is 5.94. The van der Waals surface area contributed by atoms with Gasteiger partial charge in [0.05, 0.1) is 25.9 Å². The minimum absolute atomic E-state index is 0.0350. The van der Waals surface area contributed by atoms with Crippen molar-refractivity contribution in [1.29, 1.82) is 0 Å². The third kappa shape index (κ3) is 6.34. The van der Waals surface area contributed by atoms with Crippen LogP contribution in [0, 0.1) is 11.6 Å². The molecule has 2 aromatic rings. The molecule has 2 N–H and O–H groups in total. The number of nitrogens with zero attached hydrogens (tertiary/aromatic N) is 1. The largest absolute Gasteiger partial charge is 0.497 e. The Morgan fingerprint density at radius 2 is 1.74 bits per heavy atom. The molecule has 0 spiro atoms. The number of methoxy groups -OCH3 is 1. The highest BCUT2D eigenvalue weighted by atomic mass is 19.1. The lowest BCUT2D eigenvalue weighted by Gasteiger charge is -2.19. The number of ether oxygens (including phenoxy) is 1. The summed E-state index contributed by atoms with van der Waals surface area (Å²) in [5.41, 5.74) is 0.332. The molecule has 2 aromatic carbocycles. The maximum absolute atomic E-state index is 13.6. The maximum atomic E-state index is 13.6. The summed E-state index contributed by atoms with van der Waals surface area (Å²) < 4.78 is 31.9. The molecule has 2 rings (SSSR count). The van der Waals surface area contributed by atoms with Crippen molar-refractivity contribution in [2.45, 2.75) is 6.92 Å². The SMILES string of the molecule is CCN(CC(=O)Nc1cccc(OC)c1)CC(=O)Nc1cc(F)ccc1F. The van der Waals surface area contributed by atoms with E-state index in [1.165, 1.54) is 7.11 Å². The van der Waals surface area contributed by atoms with Crippen LogP contribution in [-0.4, -0.2) is 43.5 Å². The third-order valence-corrected chi connectivity index (χ3v) is 3.74. The standard InChI is InChI=1S/C19H21F2N3O3/c1-3-24(11-18(25)22-14-5-4-6-15(10-14)27-2)12-19(26)23-17-9-13(20)7-8-16(17)21/h4-10H,3,11-12H2,1-2H3,(H,22,25)(H,23,26). The average Bonchev–Trinajstić information content (AvgIpc) is 2.64. The van der Waals surface area contributed by atoms with Gasteiger partial charge in [0, 0.05) is 17.8 Å². The lowest BCUT2D eigenvalue weighted by molar-refractivity contribution is -0.119. The van der Waals surface area contributed by atoms with Crippen LogP contribution in [0.2, 0.25) is 0 Å². The van der Waals surface area contributed by atoms with Crippen LogP contribution in [0.4, 0.5) is 20.2 Å². The van der Waals surface area contributed by atoms with Crippen molar-refractivity contribution in [3.05, 3.63) is 54.1 Å². The molecule has 0 bridgehead atoms. The topological polar surface area (TPSA) is 70.7 Å². The van der Waals surface area contributed by atoms with Crippen LogP contribution in [0.5, 0.6) is 5.75 Å². The molecule has 0 unspecified atom stereocenters. The van der Waals surface area contributed by atoms with E-state index in [0.29, 0.717) is 18.0 Å². The highest BCUT2D eigenvalue weighted by Gasteiger charge is 2.15. The van der Waals surface area contributed by atoms with Gasteiger partial charge < -0.3 is 15.4 Å². The van der Waals surface area contributed by atoms with Crippen LogP contribution in [-0.2, 0) is 9.59 Å². The second-order valence-electron chi connectivity index (χ2n) is 5.76. The first-order valence-corrected chi connectivity index (χ1v) is 8.32. The molecule has 6 nitrogen and oxygen atoms in total. The summed E-state index contributed by atoms with van der Waals surface area (Å²) in [6.45, 7) is 2.03. The van der Waals surface area contributed by atoms with Gasteiger partial charge in [0.25, 0.3) is 0 Å². The predicted octanol–water partition coefficient (Wildman–Crippen LogP) is 2.87. The van der Waals surface area contributed by atoms with E-state index in [2.05, 4.69) is 10.6 Å². The first kappa shape index (κ1) is 20.3. The summed E-state index contributed by atoms with van der Waals surface area (Å²) >= 11 is 0. The Balaban J connectivity index is 1.91. The average molecular weight is 377 g/mol. The third-order valence-electron chi connectivity index (χ3n) is 3.74. The highest BCUT2D eigenvalue weighted by Crippen LogP contribution is 2.17. The quantitative estimate of drug-likeness (QED) is 0.742.